The van der Waals surface area contributed by atoms with Crippen molar-refractivity contribution in [3.05, 3.63) is 33.6 Å². The van der Waals surface area contributed by atoms with Crippen molar-refractivity contribution in [1.29, 1.82) is 0 Å². The second-order valence-electron chi connectivity index (χ2n) is 5.04. The van der Waals surface area contributed by atoms with Crippen LogP contribution in [0.1, 0.15) is 31.9 Å². The highest BCUT2D eigenvalue weighted by atomic mass is 35.5. The maximum Gasteiger partial charge on any atom is 0.142 e. The van der Waals surface area contributed by atoms with E-state index < -0.39 is 5.82 Å². The Bertz CT molecular complexity index is 455. The fourth-order valence-electron chi connectivity index (χ4n) is 2.35. The van der Waals surface area contributed by atoms with Crippen LogP contribution in [0.2, 0.25) is 10.0 Å². The highest BCUT2D eigenvalue weighted by molar-refractivity contribution is 6.35. The molecule has 0 aliphatic carbocycles. The molecule has 1 heterocycles. The first-order valence-corrected chi connectivity index (χ1v) is 7.24. The number of nitrogens with one attached hydrogen (secondary N) is 1. The molecule has 0 aromatic heterocycles. The lowest BCUT2D eigenvalue weighted by molar-refractivity contribution is 0.105. The predicted octanol–water partition coefficient (Wildman–Crippen LogP) is 4.21. The van der Waals surface area contributed by atoms with Crippen molar-refractivity contribution < 1.29 is 9.13 Å². The summed E-state index contributed by atoms with van der Waals surface area (Å²) in [4.78, 5) is 0. The molecule has 3 unspecified atom stereocenters. The smallest absolute Gasteiger partial charge is 0.142 e. The van der Waals surface area contributed by atoms with Gasteiger partial charge in [-0.05, 0) is 43.9 Å². The maximum atomic E-state index is 13.5. The van der Waals surface area contributed by atoms with E-state index in [9.17, 15) is 4.39 Å². The van der Waals surface area contributed by atoms with E-state index >= 15 is 0 Å². The molecule has 1 aliphatic rings. The van der Waals surface area contributed by atoms with Crippen LogP contribution < -0.4 is 5.32 Å². The zero-order valence-corrected chi connectivity index (χ0v) is 12.6. The molecule has 1 saturated heterocycles. The Morgan fingerprint density at radius 1 is 1.42 bits per heavy atom. The van der Waals surface area contributed by atoms with Crippen molar-refractivity contribution in [2.24, 2.45) is 5.92 Å². The normalized spacial score (nSPS) is 24.7. The third-order valence-corrected chi connectivity index (χ3v) is 4.34. The summed E-state index contributed by atoms with van der Waals surface area (Å²) < 4.78 is 19.0. The summed E-state index contributed by atoms with van der Waals surface area (Å²) in [7, 11) is 0. The molecule has 5 heteroatoms. The van der Waals surface area contributed by atoms with E-state index in [2.05, 4.69) is 12.2 Å². The molecule has 1 N–H and O–H groups in total. The van der Waals surface area contributed by atoms with Crippen LogP contribution in [0.15, 0.2) is 12.1 Å². The first-order chi connectivity index (χ1) is 8.99. The van der Waals surface area contributed by atoms with E-state index in [1.165, 1.54) is 12.1 Å². The van der Waals surface area contributed by atoms with Crippen molar-refractivity contribution in [3.63, 3.8) is 0 Å². The fourth-order valence-corrected chi connectivity index (χ4v) is 2.90. The van der Waals surface area contributed by atoms with E-state index in [1.807, 2.05) is 6.92 Å². The van der Waals surface area contributed by atoms with Crippen LogP contribution in [-0.4, -0.2) is 19.3 Å². The average molecular weight is 306 g/mol. The zero-order chi connectivity index (χ0) is 14.0. The first-order valence-electron chi connectivity index (χ1n) is 6.48. The maximum absolute atomic E-state index is 13.5. The lowest BCUT2D eigenvalue weighted by atomic mass is 10.0. The Morgan fingerprint density at radius 3 is 2.79 bits per heavy atom. The Morgan fingerprint density at radius 2 is 2.16 bits per heavy atom. The molecule has 0 saturated carbocycles. The number of rotatable bonds is 4. The Balaban J connectivity index is 1.99. The Labute approximate surface area is 123 Å². The first kappa shape index (κ1) is 15.0. The molecule has 0 amide bonds. The molecule has 2 nitrogen and oxygen atoms in total. The number of benzene rings is 1. The van der Waals surface area contributed by atoms with Gasteiger partial charge in [0.2, 0.25) is 0 Å². The SMILES string of the molecule is CC(NCC1CCOC1C)c1cc(F)c(Cl)cc1Cl. The van der Waals surface area contributed by atoms with Gasteiger partial charge < -0.3 is 10.1 Å². The third kappa shape index (κ3) is 3.60. The van der Waals surface area contributed by atoms with E-state index in [4.69, 9.17) is 27.9 Å². The molecule has 0 spiro atoms. The van der Waals surface area contributed by atoms with Gasteiger partial charge in [-0.3, -0.25) is 0 Å². The average Bonchev–Trinajstić information content (AvgIpc) is 2.76. The van der Waals surface area contributed by atoms with E-state index in [1.54, 1.807) is 0 Å². The van der Waals surface area contributed by atoms with Crippen molar-refractivity contribution in [3.8, 4) is 0 Å². The highest BCUT2D eigenvalue weighted by Gasteiger charge is 2.24. The van der Waals surface area contributed by atoms with E-state index in [0.29, 0.717) is 10.9 Å². The molecule has 106 valence electrons. The van der Waals surface area contributed by atoms with Gasteiger partial charge in [0.25, 0.3) is 0 Å². The Hall–Kier alpha value is -0.350. The molecule has 1 aliphatic heterocycles. The minimum Gasteiger partial charge on any atom is -0.378 e. The lowest BCUT2D eigenvalue weighted by Crippen LogP contribution is -2.29. The van der Waals surface area contributed by atoms with E-state index in [-0.39, 0.29) is 17.2 Å². The molecule has 1 aromatic carbocycles. The lowest BCUT2D eigenvalue weighted by Gasteiger charge is -2.20. The molecule has 19 heavy (non-hydrogen) atoms. The summed E-state index contributed by atoms with van der Waals surface area (Å²) in [6.45, 7) is 5.70. The molecule has 3 atom stereocenters. The van der Waals surface area contributed by atoms with Crippen LogP contribution in [0.25, 0.3) is 0 Å². The van der Waals surface area contributed by atoms with E-state index in [0.717, 1.165) is 25.1 Å². The summed E-state index contributed by atoms with van der Waals surface area (Å²) in [6, 6.07) is 2.83. The van der Waals surface area contributed by atoms with Gasteiger partial charge in [-0.25, -0.2) is 4.39 Å². The van der Waals surface area contributed by atoms with Gasteiger partial charge >= 0.3 is 0 Å². The van der Waals surface area contributed by atoms with Gasteiger partial charge in [-0.1, -0.05) is 23.2 Å². The molecular formula is C14H18Cl2FNO. The number of ether oxygens (including phenoxy) is 1. The topological polar surface area (TPSA) is 21.3 Å². The minimum absolute atomic E-state index is 0.0212. The largest absolute Gasteiger partial charge is 0.378 e. The van der Waals surface area contributed by atoms with Crippen LogP contribution in [-0.2, 0) is 4.74 Å². The standard InChI is InChI=1S/C14H18Cl2FNO/c1-8(18-7-10-3-4-19-9(10)2)11-5-14(17)13(16)6-12(11)15/h5-6,8-10,18H,3-4,7H2,1-2H3. The molecule has 0 radical (unpaired) electrons. The quantitative estimate of drug-likeness (QED) is 0.841. The second-order valence-corrected chi connectivity index (χ2v) is 5.86. The van der Waals surface area contributed by atoms with Gasteiger partial charge in [-0.2, -0.15) is 0 Å². The number of hydrogen-bond donors (Lipinski definition) is 1. The van der Waals surface area contributed by atoms with Gasteiger partial charge in [0.05, 0.1) is 11.1 Å². The summed E-state index contributed by atoms with van der Waals surface area (Å²) >= 11 is 11.8. The molecular weight excluding hydrogens is 288 g/mol. The number of hydrogen-bond acceptors (Lipinski definition) is 2. The summed E-state index contributed by atoms with van der Waals surface area (Å²) in [5.74, 6) is 0.0608. The molecule has 2 rings (SSSR count). The summed E-state index contributed by atoms with van der Waals surface area (Å²) in [5, 5.41) is 3.93. The van der Waals surface area contributed by atoms with Crippen LogP contribution >= 0.6 is 23.2 Å². The van der Waals surface area contributed by atoms with Crippen molar-refractivity contribution in [2.75, 3.05) is 13.2 Å². The van der Waals surface area contributed by atoms with Crippen LogP contribution in [0.3, 0.4) is 0 Å². The summed E-state index contributed by atoms with van der Waals surface area (Å²) in [5.41, 5.74) is 0.732. The van der Waals surface area contributed by atoms with Crippen LogP contribution in [0, 0.1) is 11.7 Å². The van der Waals surface area contributed by atoms with Crippen LogP contribution in [0.5, 0.6) is 0 Å². The Kier molecular flexibility index (Phi) is 5.07. The van der Waals surface area contributed by atoms with Crippen LogP contribution in [0.4, 0.5) is 4.39 Å². The zero-order valence-electron chi connectivity index (χ0n) is 11.1. The van der Waals surface area contributed by atoms with Crippen molar-refractivity contribution in [1.82, 2.24) is 5.32 Å². The van der Waals surface area contributed by atoms with Gasteiger partial charge in [0.15, 0.2) is 0 Å². The van der Waals surface area contributed by atoms with Crippen molar-refractivity contribution in [2.45, 2.75) is 32.4 Å². The monoisotopic (exact) mass is 305 g/mol. The van der Waals surface area contributed by atoms with Crippen molar-refractivity contribution >= 4 is 23.2 Å². The number of halogens is 3. The van der Waals surface area contributed by atoms with Gasteiger partial charge in [0, 0.05) is 24.2 Å². The highest BCUT2D eigenvalue weighted by Crippen LogP contribution is 2.29. The van der Waals surface area contributed by atoms with Gasteiger partial charge in [0.1, 0.15) is 5.82 Å². The predicted molar refractivity (Wildman–Crippen MR) is 76.4 cm³/mol. The summed E-state index contributed by atoms with van der Waals surface area (Å²) in [6.07, 6.45) is 1.33. The third-order valence-electron chi connectivity index (χ3n) is 3.73. The molecule has 1 aromatic rings. The van der Waals surface area contributed by atoms with Gasteiger partial charge in [-0.15, -0.1) is 0 Å². The molecule has 0 bridgehead atoms. The minimum atomic E-state index is -0.438. The molecule has 1 fully saturated rings. The fraction of sp³-hybridized carbons (Fsp3) is 0.571. The second kappa shape index (κ2) is 6.40.